The van der Waals surface area contributed by atoms with Crippen LogP contribution < -0.4 is 15.5 Å². The third kappa shape index (κ3) is 7.58. The first kappa shape index (κ1) is 30.4. The number of piperazine rings is 1. The first-order valence-electron chi connectivity index (χ1n) is 13.9. The zero-order valence-corrected chi connectivity index (χ0v) is 26.2. The number of nitrogens with zero attached hydrogens (tertiary/aromatic N) is 6. The van der Waals surface area contributed by atoms with E-state index in [1.54, 1.807) is 11.8 Å². The Morgan fingerprint density at radius 2 is 1.88 bits per heavy atom. The lowest BCUT2D eigenvalue weighted by molar-refractivity contribution is 0.393. The lowest BCUT2D eigenvalue weighted by Crippen LogP contribution is -2.48. The van der Waals surface area contributed by atoms with Crippen LogP contribution in [0.15, 0.2) is 28.8 Å². The SMILES string of the molecule is CNCCNCc1cccc(-c2nc(-c3c(C)noc3C)c(C)c(N3CCN(C(=S)SCCN(C)C)CC3)n2)c1. The minimum atomic E-state index is 0.713. The van der Waals surface area contributed by atoms with Crippen LogP contribution in [0, 0.1) is 20.8 Å². The number of likely N-dealkylation sites (N-methyl/N-ethyl adjacent to an activating group) is 1. The van der Waals surface area contributed by atoms with Gasteiger partial charge in [-0.15, -0.1) is 0 Å². The molecule has 1 aliphatic rings. The molecule has 0 spiro atoms. The fraction of sp³-hybridized carbons (Fsp3) is 0.517. The van der Waals surface area contributed by atoms with Gasteiger partial charge in [-0.1, -0.05) is 47.3 Å². The molecule has 0 bridgehead atoms. The van der Waals surface area contributed by atoms with Gasteiger partial charge in [-0.3, -0.25) is 0 Å². The van der Waals surface area contributed by atoms with Gasteiger partial charge in [-0.2, -0.15) is 0 Å². The molecule has 1 fully saturated rings. The van der Waals surface area contributed by atoms with E-state index in [9.17, 15) is 0 Å². The molecule has 9 nitrogen and oxygen atoms in total. The average Bonchev–Trinajstić information content (AvgIpc) is 3.28. The van der Waals surface area contributed by atoms with E-state index >= 15 is 0 Å². The van der Waals surface area contributed by atoms with Gasteiger partial charge in [0.15, 0.2) is 5.82 Å². The summed E-state index contributed by atoms with van der Waals surface area (Å²) >= 11 is 7.52. The second kappa shape index (κ2) is 14.4. The monoisotopic (exact) mass is 582 g/mol. The smallest absolute Gasteiger partial charge is 0.162 e. The van der Waals surface area contributed by atoms with Crippen molar-refractivity contribution < 1.29 is 4.52 Å². The number of aryl methyl sites for hydroxylation is 2. The number of thiocarbonyl (C=S) groups is 1. The van der Waals surface area contributed by atoms with Crippen molar-refractivity contribution in [2.24, 2.45) is 0 Å². The summed E-state index contributed by atoms with van der Waals surface area (Å²) in [4.78, 5) is 17.1. The number of anilines is 1. The molecule has 3 aromatic rings. The van der Waals surface area contributed by atoms with Gasteiger partial charge in [0, 0.05) is 69.2 Å². The van der Waals surface area contributed by atoms with Gasteiger partial charge in [0.05, 0.1) is 17.0 Å². The maximum atomic E-state index is 5.75. The lowest BCUT2D eigenvalue weighted by Gasteiger charge is -2.37. The van der Waals surface area contributed by atoms with Gasteiger partial charge in [-0.05, 0) is 53.5 Å². The van der Waals surface area contributed by atoms with E-state index in [0.29, 0.717) is 5.82 Å². The fourth-order valence-electron chi connectivity index (χ4n) is 4.78. The molecule has 3 heterocycles. The van der Waals surface area contributed by atoms with E-state index in [-0.39, 0.29) is 0 Å². The second-order valence-electron chi connectivity index (χ2n) is 10.4. The predicted octanol–water partition coefficient (Wildman–Crippen LogP) is 3.73. The largest absolute Gasteiger partial charge is 0.361 e. The number of rotatable bonds is 11. The molecule has 0 amide bonds. The number of hydrogen-bond acceptors (Lipinski definition) is 10. The highest BCUT2D eigenvalue weighted by Crippen LogP contribution is 2.35. The number of nitrogens with one attached hydrogen (secondary N) is 2. The highest BCUT2D eigenvalue weighted by Gasteiger charge is 2.26. The molecule has 0 saturated carbocycles. The number of aromatic nitrogens is 3. The van der Waals surface area contributed by atoms with E-state index in [1.165, 1.54) is 5.56 Å². The summed E-state index contributed by atoms with van der Waals surface area (Å²) in [7, 11) is 6.15. The summed E-state index contributed by atoms with van der Waals surface area (Å²) in [6.07, 6.45) is 0. The van der Waals surface area contributed by atoms with Crippen molar-refractivity contribution in [1.29, 1.82) is 0 Å². The summed E-state index contributed by atoms with van der Waals surface area (Å²) in [6.45, 7) is 13.1. The van der Waals surface area contributed by atoms with Gasteiger partial charge >= 0.3 is 0 Å². The van der Waals surface area contributed by atoms with Crippen molar-refractivity contribution in [1.82, 2.24) is 35.6 Å². The minimum Gasteiger partial charge on any atom is -0.361 e. The van der Waals surface area contributed by atoms with Crippen LogP contribution in [-0.4, -0.2) is 102 Å². The summed E-state index contributed by atoms with van der Waals surface area (Å²) < 4.78 is 6.53. The van der Waals surface area contributed by atoms with E-state index in [2.05, 4.69) is 75.8 Å². The maximum absolute atomic E-state index is 5.75. The molecule has 0 unspecified atom stereocenters. The molecular weight excluding hydrogens is 541 g/mol. The Morgan fingerprint density at radius 3 is 2.55 bits per heavy atom. The van der Waals surface area contributed by atoms with Gasteiger partial charge in [0.25, 0.3) is 0 Å². The topological polar surface area (TPSA) is 85.6 Å². The van der Waals surface area contributed by atoms with E-state index in [1.807, 2.05) is 20.9 Å². The maximum Gasteiger partial charge on any atom is 0.162 e. The van der Waals surface area contributed by atoms with Crippen molar-refractivity contribution in [2.75, 3.05) is 77.6 Å². The molecule has 0 aliphatic carbocycles. The summed E-state index contributed by atoms with van der Waals surface area (Å²) in [5.74, 6) is 3.45. The quantitative estimate of drug-likeness (QED) is 0.256. The standard InChI is InChI=1S/C29H42N8OS2/c1-20-26(25-21(2)34-38-22(25)3)32-27(24-9-7-8-23(18-24)19-31-11-10-30-4)33-28(20)36-12-14-37(15-13-36)29(39)40-17-16-35(5)6/h7-9,18,30-31H,10-17,19H2,1-6H3. The Bertz CT molecular complexity index is 1270. The molecular formula is C29H42N8OS2. The lowest BCUT2D eigenvalue weighted by atomic mass is 10.0. The van der Waals surface area contributed by atoms with Crippen LogP contribution in [0.2, 0.25) is 0 Å². The fourth-order valence-corrected chi connectivity index (χ4v) is 6.21. The highest BCUT2D eigenvalue weighted by molar-refractivity contribution is 8.22. The van der Waals surface area contributed by atoms with Crippen LogP contribution in [-0.2, 0) is 6.54 Å². The predicted molar refractivity (Wildman–Crippen MR) is 170 cm³/mol. The molecule has 2 N–H and O–H groups in total. The zero-order valence-electron chi connectivity index (χ0n) is 24.6. The number of benzene rings is 1. The van der Waals surface area contributed by atoms with Gasteiger partial charge in [-0.25, -0.2) is 9.97 Å². The molecule has 216 valence electrons. The summed E-state index contributed by atoms with van der Waals surface area (Å²) in [5, 5.41) is 10.9. The summed E-state index contributed by atoms with van der Waals surface area (Å²) in [5.41, 5.74) is 5.91. The van der Waals surface area contributed by atoms with Crippen LogP contribution in [0.1, 0.15) is 22.6 Å². The van der Waals surface area contributed by atoms with E-state index < -0.39 is 0 Å². The van der Waals surface area contributed by atoms with Gasteiger partial charge in [0.2, 0.25) is 0 Å². The molecule has 1 aromatic carbocycles. The van der Waals surface area contributed by atoms with Crippen molar-refractivity contribution in [3.63, 3.8) is 0 Å². The highest BCUT2D eigenvalue weighted by atomic mass is 32.2. The Labute approximate surface area is 248 Å². The van der Waals surface area contributed by atoms with E-state index in [0.717, 1.165) is 102 Å². The van der Waals surface area contributed by atoms with Crippen molar-refractivity contribution in [2.45, 2.75) is 27.3 Å². The van der Waals surface area contributed by atoms with Crippen LogP contribution in [0.25, 0.3) is 22.6 Å². The zero-order chi connectivity index (χ0) is 28.6. The molecule has 1 aliphatic heterocycles. The Balaban J connectivity index is 1.61. The third-order valence-electron chi connectivity index (χ3n) is 7.06. The van der Waals surface area contributed by atoms with Crippen LogP contribution in [0.5, 0.6) is 0 Å². The summed E-state index contributed by atoms with van der Waals surface area (Å²) in [6, 6.07) is 8.48. The molecule has 0 radical (unpaired) electrons. The molecule has 2 aromatic heterocycles. The Hall–Kier alpha value is -2.57. The van der Waals surface area contributed by atoms with Gasteiger partial charge in [0.1, 0.15) is 15.9 Å². The van der Waals surface area contributed by atoms with E-state index in [4.69, 9.17) is 26.7 Å². The molecule has 4 rings (SSSR count). The van der Waals surface area contributed by atoms with Crippen molar-refractivity contribution in [3.8, 4) is 22.6 Å². The van der Waals surface area contributed by atoms with Crippen molar-refractivity contribution in [3.05, 3.63) is 46.8 Å². The number of hydrogen-bond donors (Lipinski definition) is 2. The first-order valence-corrected chi connectivity index (χ1v) is 15.3. The van der Waals surface area contributed by atoms with Gasteiger partial charge < -0.3 is 29.9 Å². The van der Waals surface area contributed by atoms with Crippen LogP contribution in [0.4, 0.5) is 5.82 Å². The van der Waals surface area contributed by atoms with Crippen LogP contribution in [0.3, 0.4) is 0 Å². The van der Waals surface area contributed by atoms with Crippen LogP contribution >= 0.6 is 24.0 Å². The minimum absolute atomic E-state index is 0.713. The second-order valence-corrected chi connectivity index (χ2v) is 12.1. The number of thioether (sulfide) groups is 1. The third-order valence-corrected chi connectivity index (χ3v) is 8.56. The Morgan fingerprint density at radius 1 is 1.10 bits per heavy atom. The molecule has 0 atom stereocenters. The Kier molecular flexibility index (Phi) is 10.9. The first-order chi connectivity index (χ1) is 19.3. The molecule has 40 heavy (non-hydrogen) atoms. The molecule has 11 heteroatoms. The molecule has 1 saturated heterocycles. The normalized spacial score (nSPS) is 13.9. The van der Waals surface area contributed by atoms with Crippen molar-refractivity contribution >= 4 is 34.1 Å². The average molecular weight is 583 g/mol.